The zero-order valence-corrected chi connectivity index (χ0v) is 14.7. The third kappa shape index (κ3) is 3.31. The first-order chi connectivity index (χ1) is 12.1. The molecule has 0 aromatic heterocycles. The molecule has 1 amide bonds. The highest BCUT2D eigenvalue weighted by Crippen LogP contribution is 2.43. The van der Waals surface area contributed by atoms with Gasteiger partial charge in [-0.05, 0) is 60.8 Å². The number of hydrogen-bond acceptors (Lipinski definition) is 2. The fourth-order valence-corrected chi connectivity index (χ4v) is 5.23. The monoisotopic (exact) mass is 341 g/mol. The molecule has 1 N–H and O–H groups in total. The summed E-state index contributed by atoms with van der Waals surface area (Å²) in [6, 6.07) is 5.33. The van der Waals surface area contributed by atoms with Crippen LogP contribution in [0.3, 0.4) is 0 Å². The minimum Gasteiger partial charge on any atom is -0.478 e. The highest BCUT2D eigenvalue weighted by atomic mass is 16.4. The van der Waals surface area contributed by atoms with Gasteiger partial charge in [0.1, 0.15) is 0 Å². The number of hydrogen-bond donors (Lipinski definition) is 1. The number of nitrogens with zero attached hydrogens (tertiary/aromatic N) is 1. The molecule has 3 aliphatic rings. The van der Waals surface area contributed by atoms with Gasteiger partial charge in [0.2, 0.25) is 5.91 Å². The quantitative estimate of drug-likeness (QED) is 0.888. The molecule has 1 aromatic carbocycles. The number of aromatic carboxylic acids is 1. The van der Waals surface area contributed by atoms with Crippen LogP contribution >= 0.6 is 0 Å². The molecule has 2 saturated carbocycles. The maximum Gasteiger partial charge on any atom is 0.335 e. The summed E-state index contributed by atoms with van der Waals surface area (Å²) in [5.41, 5.74) is 2.51. The first-order valence-corrected chi connectivity index (χ1v) is 9.75. The molecule has 2 fully saturated rings. The van der Waals surface area contributed by atoms with Crippen LogP contribution in [0.1, 0.15) is 66.4 Å². The molecule has 0 bridgehead atoms. The van der Waals surface area contributed by atoms with Crippen molar-refractivity contribution in [2.75, 3.05) is 6.54 Å². The summed E-state index contributed by atoms with van der Waals surface area (Å²) in [6.45, 7) is 1.34. The van der Waals surface area contributed by atoms with Crippen LogP contribution in [0, 0.1) is 17.8 Å². The van der Waals surface area contributed by atoms with Crippen LogP contribution < -0.4 is 0 Å². The molecule has 134 valence electrons. The number of carboxylic acids is 1. The van der Waals surface area contributed by atoms with Crippen molar-refractivity contribution in [1.82, 2.24) is 4.90 Å². The van der Waals surface area contributed by atoms with Crippen LogP contribution in [0.15, 0.2) is 18.2 Å². The van der Waals surface area contributed by atoms with E-state index in [0.29, 0.717) is 18.0 Å². The predicted octanol–water partition coefficient (Wildman–Crippen LogP) is 3.88. The number of carbonyl (C=O) groups is 2. The fourth-order valence-electron chi connectivity index (χ4n) is 5.23. The summed E-state index contributed by atoms with van der Waals surface area (Å²) in [4.78, 5) is 26.2. The lowest BCUT2D eigenvalue weighted by Crippen LogP contribution is -2.42. The van der Waals surface area contributed by atoms with Gasteiger partial charge >= 0.3 is 5.97 Å². The first kappa shape index (κ1) is 16.6. The SMILES string of the molecule is O=C(O)c1ccc2c(c1)CN(C(=O)C1CCC3CCCCC3C1)CC2. The van der Waals surface area contributed by atoms with Crippen LogP contribution in [0.25, 0.3) is 0 Å². The van der Waals surface area contributed by atoms with E-state index in [4.69, 9.17) is 0 Å². The molecule has 25 heavy (non-hydrogen) atoms. The molecule has 4 heteroatoms. The van der Waals surface area contributed by atoms with Crippen molar-refractivity contribution >= 4 is 11.9 Å². The second-order valence-electron chi connectivity index (χ2n) is 8.11. The standard InChI is InChI=1S/C21H27NO3/c23-20(17-7-5-14-3-1-2-4-16(14)11-17)22-10-9-15-6-8-18(21(24)25)12-19(15)13-22/h6,8,12,14,16-17H,1-5,7,9-11,13H2,(H,24,25). The molecule has 3 atom stereocenters. The largest absolute Gasteiger partial charge is 0.478 e. The maximum atomic E-state index is 13.1. The molecule has 1 heterocycles. The number of benzene rings is 1. The number of rotatable bonds is 2. The lowest BCUT2D eigenvalue weighted by molar-refractivity contribution is -0.138. The van der Waals surface area contributed by atoms with Crippen LogP contribution in [-0.4, -0.2) is 28.4 Å². The summed E-state index contributed by atoms with van der Waals surface area (Å²) in [5.74, 6) is 1.20. The molecule has 0 saturated heterocycles. The van der Waals surface area contributed by atoms with E-state index in [1.807, 2.05) is 11.0 Å². The molecule has 2 aliphatic carbocycles. The zero-order valence-electron chi connectivity index (χ0n) is 14.7. The van der Waals surface area contributed by atoms with Gasteiger partial charge in [0.05, 0.1) is 5.56 Å². The molecule has 0 radical (unpaired) electrons. The molecule has 1 aliphatic heterocycles. The van der Waals surface area contributed by atoms with Crippen molar-refractivity contribution in [3.63, 3.8) is 0 Å². The topological polar surface area (TPSA) is 57.6 Å². The minimum absolute atomic E-state index is 0.184. The normalized spacial score (nSPS) is 28.8. The Morgan fingerprint density at radius 1 is 1.00 bits per heavy atom. The van der Waals surface area contributed by atoms with Crippen LogP contribution in [0.5, 0.6) is 0 Å². The highest BCUT2D eigenvalue weighted by molar-refractivity contribution is 5.88. The summed E-state index contributed by atoms with van der Waals surface area (Å²) >= 11 is 0. The smallest absolute Gasteiger partial charge is 0.335 e. The van der Waals surface area contributed by atoms with Crippen LogP contribution in [0.4, 0.5) is 0 Å². The second-order valence-corrected chi connectivity index (χ2v) is 8.11. The van der Waals surface area contributed by atoms with E-state index < -0.39 is 5.97 Å². The molecular formula is C21H27NO3. The third-order valence-corrected chi connectivity index (χ3v) is 6.67. The van der Waals surface area contributed by atoms with Crippen molar-refractivity contribution in [1.29, 1.82) is 0 Å². The van der Waals surface area contributed by atoms with E-state index in [2.05, 4.69) is 0 Å². The summed E-state index contributed by atoms with van der Waals surface area (Å²) in [6.07, 6.45) is 9.53. The van der Waals surface area contributed by atoms with Gasteiger partial charge in [-0.2, -0.15) is 0 Å². The van der Waals surface area contributed by atoms with Crippen molar-refractivity contribution in [3.8, 4) is 0 Å². The Kier molecular flexibility index (Phi) is 4.53. The number of amides is 1. The van der Waals surface area contributed by atoms with E-state index in [-0.39, 0.29) is 5.92 Å². The summed E-state index contributed by atoms with van der Waals surface area (Å²) in [5, 5.41) is 9.19. The Balaban J connectivity index is 1.45. The van der Waals surface area contributed by atoms with E-state index in [1.165, 1.54) is 37.7 Å². The van der Waals surface area contributed by atoms with Gasteiger partial charge in [-0.1, -0.05) is 31.7 Å². The summed E-state index contributed by atoms with van der Waals surface area (Å²) in [7, 11) is 0. The number of carbonyl (C=O) groups excluding carboxylic acids is 1. The number of carboxylic acid groups (broad SMARTS) is 1. The van der Waals surface area contributed by atoms with Gasteiger partial charge in [0, 0.05) is 19.0 Å². The molecule has 4 rings (SSSR count). The molecule has 0 spiro atoms. The minimum atomic E-state index is -0.901. The van der Waals surface area contributed by atoms with Crippen molar-refractivity contribution in [2.45, 2.75) is 57.9 Å². The van der Waals surface area contributed by atoms with Crippen LogP contribution in [0.2, 0.25) is 0 Å². The van der Waals surface area contributed by atoms with Gasteiger partial charge in [0.15, 0.2) is 0 Å². The van der Waals surface area contributed by atoms with Gasteiger partial charge in [0.25, 0.3) is 0 Å². The first-order valence-electron chi connectivity index (χ1n) is 9.75. The molecule has 1 aromatic rings. The van der Waals surface area contributed by atoms with E-state index >= 15 is 0 Å². The van der Waals surface area contributed by atoms with Gasteiger partial charge in [-0.3, -0.25) is 4.79 Å². The Labute approximate surface area is 149 Å². The molecule has 4 nitrogen and oxygen atoms in total. The number of fused-ring (bicyclic) bond motifs is 2. The third-order valence-electron chi connectivity index (χ3n) is 6.67. The zero-order chi connectivity index (χ0) is 17.4. The lowest BCUT2D eigenvalue weighted by atomic mass is 9.67. The van der Waals surface area contributed by atoms with Crippen molar-refractivity contribution < 1.29 is 14.7 Å². The Morgan fingerprint density at radius 2 is 1.80 bits per heavy atom. The molecular weight excluding hydrogens is 314 g/mol. The predicted molar refractivity (Wildman–Crippen MR) is 95.3 cm³/mol. The van der Waals surface area contributed by atoms with Gasteiger partial charge < -0.3 is 10.0 Å². The van der Waals surface area contributed by atoms with Gasteiger partial charge in [-0.15, -0.1) is 0 Å². The Morgan fingerprint density at radius 3 is 2.60 bits per heavy atom. The lowest BCUT2D eigenvalue weighted by Gasteiger charge is -2.41. The van der Waals surface area contributed by atoms with Gasteiger partial charge in [-0.25, -0.2) is 4.79 Å². The van der Waals surface area contributed by atoms with Crippen molar-refractivity contribution in [3.05, 3.63) is 34.9 Å². The molecule has 3 unspecified atom stereocenters. The Bertz CT molecular complexity index is 684. The average molecular weight is 341 g/mol. The maximum absolute atomic E-state index is 13.1. The summed E-state index contributed by atoms with van der Waals surface area (Å²) < 4.78 is 0. The van der Waals surface area contributed by atoms with Crippen LogP contribution in [-0.2, 0) is 17.8 Å². The Hall–Kier alpha value is -1.84. The van der Waals surface area contributed by atoms with E-state index in [1.54, 1.807) is 12.1 Å². The second kappa shape index (κ2) is 6.81. The highest BCUT2D eigenvalue weighted by Gasteiger charge is 2.37. The fraction of sp³-hybridized carbons (Fsp3) is 0.619. The average Bonchev–Trinajstić information content (AvgIpc) is 2.66. The van der Waals surface area contributed by atoms with Crippen molar-refractivity contribution in [2.24, 2.45) is 17.8 Å². The van der Waals surface area contributed by atoms with E-state index in [9.17, 15) is 14.7 Å². The van der Waals surface area contributed by atoms with E-state index in [0.717, 1.165) is 43.2 Å².